The van der Waals surface area contributed by atoms with E-state index in [1.54, 1.807) is 31.4 Å². The highest BCUT2D eigenvalue weighted by molar-refractivity contribution is 9.10. The fraction of sp³-hybridized carbons (Fsp3) is 0.167. The lowest BCUT2D eigenvalue weighted by Gasteiger charge is -2.21. The van der Waals surface area contributed by atoms with E-state index in [0.717, 1.165) is 15.8 Å². The summed E-state index contributed by atoms with van der Waals surface area (Å²) < 4.78 is 6.01. The van der Waals surface area contributed by atoms with Crippen LogP contribution in [0.2, 0.25) is 0 Å². The lowest BCUT2D eigenvalue weighted by atomic mass is 10.0. The Morgan fingerprint density at radius 2 is 1.88 bits per heavy atom. The zero-order valence-corrected chi connectivity index (χ0v) is 15.0. The molecule has 0 bridgehead atoms. The first-order chi connectivity index (χ1) is 12.0. The van der Waals surface area contributed by atoms with Crippen LogP contribution in [-0.2, 0) is 4.79 Å². The van der Waals surface area contributed by atoms with Crippen LogP contribution >= 0.6 is 15.9 Å². The van der Waals surface area contributed by atoms with E-state index >= 15 is 0 Å². The number of methoxy groups -OCH3 is 1. The zero-order chi connectivity index (χ0) is 17.8. The molecule has 6 nitrogen and oxygen atoms in total. The first kappa shape index (κ1) is 17.2. The standard InChI is InChI=1S/C18H16BrN3O3/c1-25-14-8-4-11(5-9-14)15-10-16(23)21-18(20-15)22-17(24)12-2-6-13(19)7-3-12/h2-9,15H,10H2,1H3,(H2,20,21,22,23,24)/t15-/m1/s1. The van der Waals surface area contributed by atoms with Gasteiger partial charge in [0.05, 0.1) is 19.6 Å². The highest BCUT2D eigenvalue weighted by Crippen LogP contribution is 2.25. The Hall–Kier alpha value is -2.67. The van der Waals surface area contributed by atoms with E-state index in [1.165, 1.54) is 0 Å². The molecule has 0 aromatic heterocycles. The zero-order valence-electron chi connectivity index (χ0n) is 13.5. The summed E-state index contributed by atoms with van der Waals surface area (Å²) in [7, 11) is 1.59. The molecule has 2 aromatic rings. The van der Waals surface area contributed by atoms with Gasteiger partial charge in [-0.1, -0.05) is 28.1 Å². The van der Waals surface area contributed by atoms with Gasteiger partial charge < -0.3 is 4.74 Å². The second kappa shape index (κ2) is 7.48. The maximum Gasteiger partial charge on any atom is 0.257 e. The van der Waals surface area contributed by atoms with Crippen LogP contribution in [0.1, 0.15) is 28.4 Å². The molecule has 0 fully saturated rings. The van der Waals surface area contributed by atoms with Gasteiger partial charge in [-0.3, -0.25) is 20.2 Å². The van der Waals surface area contributed by atoms with Crippen LogP contribution in [0.25, 0.3) is 0 Å². The minimum Gasteiger partial charge on any atom is -0.497 e. The number of ether oxygens (including phenoxy) is 1. The minimum absolute atomic E-state index is 0.157. The van der Waals surface area contributed by atoms with E-state index in [1.807, 2.05) is 24.3 Å². The number of aliphatic imine (C=N–C) groups is 1. The molecular formula is C18H16BrN3O3. The third-order valence-corrected chi connectivity index (χ3v) is 4.29. The molecule has 2 N–H and O–H groups in total. The van der Waals surface area contributed by atoms with Gasteiger partial charge in [-0.15, -0.1) is 0 Å². The van der Waals surface area contributed by atoms with Crippen LogP contribution in [0.5, 0.6) is 5.75 Å². The number of halogens is 1. The average molecular weight is 402 g/mol. The molecule has 7 heteroatoms. The molecule has 1 atom stereocenters. The molecular weight excluding hydrogens is 386 g/mol. The maximum absolute atomic E-state index is 12.3. The van der Waals surface area contributed by atoms with Crippen molar-refractivity contribution < 1.29 is 14.3 Å². The van der Waals surface area contributed by atoms with E-state index in [9.17, 15) is 9.59 Å². The predicted octanol–water partition coefficient (Wildman–Crippen LogP) is 2.80. The van der Waals surface area contributed by atoms with Crippen molar-refractivity contribution >= 4 is 33.7 Å². The molecule has 0 radical (unpaired) electrons. The van der Waals surface area contributed by atoms with Gasteiger partial charge in [0, 0.05) is 10.0 Å². The Morgan fingerprint density at radius 1 is 1.20 bits per heavy atom. The Balaban J connectivity index is 1.77. The van der Waals surface area contributed by atoms with Crippen molar-refractivity contribution in [2.45, 2.75) is 12.5 Å². The third kappa shape index (κ3) is 4.24. The summed E-state index contributed by atoms with van der Waals surface area (Å²) in [6, 6.07) is 13.9. The van der Waals surface area contributed by atoms with Crippen LogP contribution in [0.15, 0.2) is 58.0 Å². The first-order valence-electron chi connectivity index (χ1n) is 7.63. The Labute approximate surface area is 153 Å². The van der Waals surface area contributed by atoms with E-state index in [4.69, 9.17) is 4.74 Å². The van der Waals surface area contributed by atoms with Gasteiger partial charge in [0.25, 0.3) is 5.91 Å². The number of carbonyl (C=O) groups excluding carboxylic acids is 2. The van der Waals surface area contributed by atoms with E-state index in [0.29, 0.717) is 5.56 Å². The summed E-state index contributed by atoms with van der Waals surface area (Å²) in [5.74, 6) is 0.366. The quantitative estimate of drug-likeness (QED) is 0.829. The predicted molar refractivity (Wildman–Crippen MR) is 97.5 cm³/mol. The van der Waals surface area contributed by atoms with Crippen molar-refractivity contribution in [3.05, 3.63) is 64.1 Å². The van der Waals surface area contributed by atoms with Crippen molar-refractivity contribution in [3.63, 3.8) is 0 Å². The third-order valence-electron chi connectivity index (χ3n) is 3.76. The number of guanidine groups is 1. The fourth-order valence-electron chi connectivity index (χ4n) is 2.46. The lowest BCUT2D eigenvalue weighted by molar-refractivity contribution is -0.120. The average Bonchev–Trinajstić information content (AvgIpc) is 2.62. The molecule has 1 aliphatic heterocycles. The van der Waals surface area contributed by atoms with Crippen molar-refractivity contribution in [3.8, 4) is 5.75 Å². The smallest absolute Gasteiger partial charge is 0.257 e. The SMILES string of the molecule is COc1ccc([C@H]2CC(=O)NC(NC(=O)c3ccc(Br)cc3)=N2)cc1. The molecule has 0 unspecified atom stereocenters. The van der Waals surface area contributed by atoms with Crippen molar-refractivity contribution in [2.24, 2.45) is 4.99 Å². The molecule has 0 aliphatic carbocycles. The van der Waals surface area contributed by atoms with Gasteiger partial charge in [0.15, 0.2) is 0 Å². The second-order valence-electron chi connectivity index (χ2n) is 5.48. The highest BCUT2D eigenvalue weighted by atomic mass is 79.9. The number of carbonyl (C=O) groups is 2. The Morgan fingerprint density at radius 3 is 2.52 bits per heavy atom. The molecule has 1 heterocycles. The van der Waals surface area contributed by atoms with Crippen molar-refractivity contribution in [1.82, 2.24) is 10.6 Å². The van der Waals surface area contributed by atoms with Crippen LogP contribution in [0.4, 0.5) is 0 Å². The molecule has 25 heavy (non-hydrogen) atoms. The number of rotatable bonds is 3. The Kier molecular flexibility index (Phi) is 5.14. The van der Waals surface area contributed by atoms with Crippen LogP contribution in [0, 0.1) is 0 Å². The molecule has 2 amide bonds. The van der Waals surface area contributed by atoms with Gasteiger partial charge in [-0.2, -0.15) is 0 Å². The van der Waals surface area contributed by atoms with Crippen LogP contribution in [0.3, 0.4) is 0 Å². The van der Waals surface area contributed by atoms with E-state index < -0.39 is 0 Å². The number of amides is 2. The van der Waals surface area contributed by atoms with Crippen LogP contribution in [-0.4, -0.2) is 24.9 Å². The molecule has 0 saturated carbocycles. The topological polar surface area (TPSA) is 79.8 Å². The number of hydrogen-bond donors (Lipinski definition) is 2. The summed E-state index contributed by atoms with van der Waals surface area (Å²) in [4.78, 5) is 28.7. The molecule has 1 aliphatic rings. The van der Waals surface area contributed by atoms with Crippen molar-refractivity contribution in [1.29, 1.82) is 0 Å². The highest BCUT2D eigenvalue weighted by Gasteiger charge is 2.23. The summed E-state index contributed by atoms with van der Waals surface area (Å²) >= 11 is 3.32. The summed E-state index contributed by atoms with van der Waals surface area (Å²) in [6.45, 7) is 0. The molecule has 2 aromatic carbocycles. The Bertz CT molecular complexity index is 816. The number of hydrogen-bond acceptors (Lipinski definition) is 4. The largest absolute Gasteiger partial charge is 0.497 e. The fourth-order valence-corrected chi connectivity index (χ4v) is 2.72. The lowest BCUT2D eigenvalue weighted by Crippen LogP contribution is -2.47. The van der Waals surface area contributed by atoms with Crippen LogP contribution < -0.4 is 15.4 Å². The first-order valence-corrected chi connectivity index (χ1v) is 8.43. The van der Waals surface area contributed by atoms with Gasteiger partial charge in [-0.25, -0.2) is 4.99 Å². The minimum atomic E-state index is -0.347. The monoisotopic (exact) mass is 401 g/mol. The second-order valence-corrected chi connectivity index (χ2v) is 6.40. The van der Waals surface area contributed by atoms with Gasteiger partial charge in [0.2, 0.25) is 11.9 Å². The number of nitrogens with one attached hydrogen (secondary N) is 2. The molecule has 3 rings (SSSR count). The normalized spacial score (nSPS) is 16.6. The van der Waals surface area contributed by atoms with E-state index in [2.05, 4.69) is 31.6 Å². The van der Waals surface area contributed by atoms with Crippen molar-refractivity contribution in [2.75, 3.05) is 7.11 Å². The maximum atomic E-state index is 12.3. The van der Waals surface area contributed by atoms with Gasteiger partial charge in [0.1, 0.15) is 5.75 Å². The van der Waals surface area contributed by atoms with Gasteiger partial charge >= 0.3 is 0 Å². The van der Waals surface area contributed by atoms with Gasteiger partial charge in [-0.05, 0) is 42.0 Å². The van der Waals surface area contributed by atoms with E-state index in [-0.39, 0.29) is 30.2 Å². The molecule has 0 saturated heterocycles. The summed E-state index contributed by atoms with van der Waals surface area (Å²) in [5.41, 5.74) is 1.36. The number of benzene rings is 2. The molecule has 128 valence electrons. The molecule has 0 spiro atoms. The summed E-state index contributed by atoms with van der Waals surface area (Å²) in [6.07, 6.45) is 0.226. The summed E-state index contributed by atoms with van der Waals surface area (Å²) in [5, 5.41) is 5.24. The number of nitrogens with zero attached hydrogens (tertiary/aromatic N) is 1.